The number of ketones is 1. The Morgan fingerprint density at radius 3 is 2.69 bits per heavy atom. The summed E-state index contributed by atoms with van der Waals surface area (Å²) >= 11 is 4.16. The van der Waals surface area contributed by atoms with Gasteiger partial charge in [0.1, 0.15) is 11.6 Å². The van der Waals surface area contributed by atoms with Crippen molar-refractivity contribution in [2.24, 2.45) is 0 Å². The third-order valence-electron chi connectivity index (χ3n) is 1.80. The molecule has 0 aliphatic carbocycles. The van der Waals surface area contributed by atoms with E-state index >= 15 is 0 Å². The smallest absolute Gasteiger partial charge is 0.134 e. The second kappa shape index (κ2) is 3.92. The maximum absolute atomic E-state index is 13.2. The van der Waals surface area contributed by atoms with Gasteiger partial charge < -0.3 is 0 Å². The van der Waals surface area contributed by atoms with Crippen LogP contribution < -0.4 is 0 Å². The summed E-state index contributed by atoms with van der Waals surface area (Å²) in [6.07, 6.45) is 0.139. The van der Waals surface area contributed by atoms with Crippen molar-refractivity contribution >= 4 is 18.4 Å². The van der Waals surface area contributed by atoms with Crippen LogP contribution >= 0.6 is 12.6 Å². The van der Waals surface area contributed by atoms with Crippen molar-refractivity contribution in [3.63, 3.8) is 0 Å². The SMILES string of the molecule is CC(=O)Cc1cc(S)c(C)cc1F. The van der Waals surface area contributed by atoms with Gasteiger partial charge in [-0.25, -0.2) is 4.39 Å². The van der Waals surface area contributed by atoms with Gasteiger partial charge in [0.25, 0.3) is 0 Å². The number of hydrogen-bond donors (Lipinski definition) is 1. The highest BCUT2D eigenvalue weighted by atomic mass is 32.1. The van der Waals surface area contributed by atoms with E-state index in [0.29, 0.717) is 5.56 Å². The molecule has 0 atom stereocenters. The van der Waals surface area contributed by atoms with Crippen molar-refractivity contribution in [3.8, 4) is 0 Å². The van der Waals surface area contributed by atoms with Gasteiger partial charge in [-0.05, 0) is 37.1 Å². The maximum atomic E-state index is 13.2. The quantitative estimate of drug-likeness (QED) is 0.723. The van der Waals surface area contributed by atoms with Crippen molar-refractivity contribution in [3.05, 3.63) is 29.1 Å². The zero-order valence-corrected chi connectivity index (χ0v) is 8.49. The van der Waals surface area contributed by atoms with Gasteiger partial charge in [0, 0.05) is 11.3 Å². The van der Waals surface area contributed by atoms with E-state index in [1.807, 2.05) is 0 Å². The lowest BCUT2D eigenvalue weighted by Crippen LogP contribution is -2.00. The van der Waals surface area contributed by atoms with Crippen LogP contribution in [0.4, 0.5) is 4.39 Å². The molecule has 0 spiro atoms. The molecule has 0 saturated heterocycles. The highest BCUT2D eigenvalue weighted by Crippen LogP contribution is 2.18. The van der Waals surface area contributed by atoms with E-state index in [2.05, 4.69) is 12.6 Å². The van der Waals surface area contributed by atoms with E-state index in [1.165, 1.54) is 13.0 Å². The summed E-state index contributed by atoms with van der Waals surface area (Å²) in [5.41, 5.74) is 1.20. The van der Waals surface area contributed by atoms with Gasteiger partial charge in [0.2, 0.25) is 0 Å². The minimum atomic E-state index is -0.328. The Balaban J connectivity index is 3.08. The molecule has 0 aliphatic rings. The molecule has 0 fully saturated rings. The Morgan fingerprint density at radius 2 is 2.15 bits per heavy atom. The zero-order chi connectivity index (χ0) is 10.0. The third-order valence-corrected chi connectivity index (χ3v) is 2.29. The maximum Gasteiger partial charge on any atom is 0.134 e. The molecule has 13 heavy (non-hydrogen) atoms. The number of carbonyl (C=O) groups excluding carboxylic acids is 1. The normalized spacial score (nSPS) is 10.2. The first kappa shape index (κ1) is 10.3. The number of rotatable bonds is 2. The fourth-order valence-corrected chi connectivity index (χ4v) is 1.33. The number of Topliss-reactive ketones (excluding diaryl/α,β-unsaturated/α-hetero) is 1. The van der Waals surface area contributed by atoms with Gasteiger partial charge in [0.15, 0.2) is 0 Å². The molecule has 1 aromatic carbocycles. The average Bonchev–Trinajstić information content (AvgIpc) is 1.99. The predicted molar refractivity (Wildman–Crippen MR) is 52.8 cm³/mol. The molecule has 1 nitrogen and oxygen atoms in total. The van der Waals surface area contributed by atoms with Gasteiger partial charge in [-0.15, -0.1) is 12.6 Å². The molecule has 0 bridgehead atoms. The summed E-state index contributed by atoms with van der Waals surface area (Å²) in [6, 6.07) is 3.01. The zero-order valence-electron chi connectivity index (χ0n) is 7.60. The van der Waals surface area contributed by atoms with Crippen LogP contribution in [0.3, 0.4) is 0 Å². The Kier molecular flexibility index (Phi) is 3.09. The second-order valence-corrected chi connectivity index (χ2v) is 3.59. The van der Waals surface area contributed by atoms with Crippen LogP contribution in [0.25, 0.3) is 0 Å². The van der Waals surface area contributed by atoms with Crippen LogP contribution in [0.15, 0.2) is 17.0 Å². The highest BCUT2D eigenvalue weighted by Gasteiger charge is 2.07. The van der Waals surface area contributed by atoms with E-state index in [1.54, 1.807) is 13.0 Å². The molecule has 1 aromatic rings. The number of hydrogen-bond acceptors (Lipinski definition) is 2. The van der Waals surface area contributed by atoms with Crippen molar-refractivity contribution < 1.29 is 9.18 Å². The van der Waals surface area contributed by atoms with Gasteiger partial charge in [0.05, 0.1) is 0 Å². The minimum absolute atomic E-state index is 0.0458. The lowest BCUT2D eigenvalue weighted by atomic mass is 10.1. The first-order valence-electron chi connectivity index (χ1n) is 3.98. The Labute approximate surface area is 82.4 Å². The number of halogens is 1. The Bertz CT molecular complexity index is 347. The number of thiol groups is 1. The number of carbonyl (C=O) groups is 1. The molecule has 0 radical (unpaired) electrons. The fraction of sp³-hybridized carbons (Fsp3) is 0.300. The van der Waals surface area contributed by atoms with Crippen LogP contribution in [0.2, 0.25) is 0 Å². The van der Waals surface area contributed by atoms with Gasteiger partial charge in [-0.2, -0.15) is 0 Å². The molecule has 1 rings (SSSR count). The molecular weight excluding hydrogens is 187 g/mol. The molecule has 0 heterocycles. The Hall–Kier alpha value is -0.830. The molecule has 0 N–H and O–H groups in total. The predicted octanol–water partition coefficient (Wildman–Crippen LogP) is 2.55. The first-order valence-corrected chi connectivity index (χ1v) is 4.43. The summed E-state index contributed by atoms with van der Waals surface area (Å²) in [5.74, 6) is -0.374. The second-order valence-electron chi connectivity index (χ2n) is 3.11. The topological polar surface area (TPSA) is 17.1 Å². The minimum Gasteiger partial charge on any atom is -0.300 e. The number of benzene rings is 1. The molecule has 0 unspecified atom stereocenters. The van der Waals surface area contributed by atoms with Crippen LogP contribution in [0, 0.1) is 12.7 Å². The van der Waals surface area contributed by atoms with Crippen molar-refractivity contribution in [1.29, 1.82) is 0 Å². The molecule has 0 aliphatic heterocycles. The first-order chi connectivity index (χ1) is 6.00. The van der Waals surface area contributed by atoms with E-state index in [9.17, 15) is 9.18 Å². The average molecular weight is 198 g/mol. The standard InChI is InChI=1S/C10H11FOS/c1-6-3-9(11)8(4-7(2)12)5-10(6)13/h3,5,13H,4H2,1-2H3. The summed E-state index contributed by atoms with van der Waals surface area (Å²) in [5, 5.41) is 0. The molecule has 70 valence electrons. The van der Waals surface area contributed by atoms with Crippen molar-refractivity contribution in [2.45, 2.75) is 25.2 Å². The summed E-state index contributed by atoms with van der Waals surface area (Å²) in [4.78, 5) is 11.5. The van der Waals surface area contributed by atoms with E-state index in [4.69, 9.17) is 0 Å². The fourth-order valence-electron chi connectivity index (χ4n) is 1.11. The van der Waals surface area contributed by atoms with Crippen LogP contribution in [0.5, 0.6) is 0 Å². The summed E-state index contributed by atoms with van der Waals surface area (Å²) < 4.78 is 13.2. The van der Waals surface area contributed by atoms with E-state index in [-0.39, 0.29) is 18.0 Å². The largest absolute Gasteiger partial charge is 0.300 e. The van der Waals surface area contributed by atoms with Crippen molar-refractivity contribution in [1.82, 2.24) is 0 Å². The van der Waals surface area contributed by atoms with Crippen LogP contribution in [-0.4, -0.2) is 5.78 Å². The van der Waals surface area contributed by atoms with Gasteiger partial charge in [-0.3, -0.25) is 4.79 Å². The molecule has 3 heteroatoms. The lowest BCUT2D eigenvalue weighted by molar-refractivity contribution is -0.116. The molecular formula is C10H11FOS. The lowest BCUT2D eigenvalue weighted by Gasteiger charge is -2.04. The van der Waals surface area contributed by atoms with E-state index in [0.717, 1.165) is 10.5 Å². The monoisotopic (exact) mass is 198 g/mol. The number of aryl methyl sites for hydroxylation is 1. The van der Waals surface area contributed by atoms with Crippen LogP contribution in [-0.2, 0) is 11.2 Å². The van der Waals surface area contributed by atoms with Gasteiger partial charge in [-0.1, -0.05) is 0 Å². The van der Waals surface area contributed by atoms with Crippen molar-refractivity contribution in [2.75, 3.05) is 0 Å². The molecule has 0 aromatic heterocycles. The van der Waals surface area contributed by atoms with Crippen LogP contribution in [0.1, 0.15) is 18.1 Å². The van der Waals surface area contributed by atoms with Gasteiger partial charge >= 0.3 is 0 Å². The molecule has 0 saturated carbocycles. The highest BCUT2D eigenvalue weighted by molar-refractivity contribution is 7.80. The summed E-state index contributed by atoms with van der Waals surface area (Å²) in [7, 11) is 0. The third kappa shape index (κ3) is 2.56. The Morgan fingerprint density at radius 1 is 1.54 bits per heavy atom. The van der Waals surface area contributed by atoms with E-state index < -0.39 is 0 Å². The summed E-state index contributed by atoms with van der Waals surface area (Å²) in [6.45, 7) is 3.22. The molecule has 0 amide bonds.